The Morgan fingerprint density at radius 1 is 1.24 bits per heavy atom. The minimum absolute atomic E-state index is 0.155. The van der Waals surface area contributed by atoms with Crippen molar-refractivity contribution in [2.24, 2.45) is 0 Å². The quantitative estimate of drug-likeness (QED) is 0.818. The van der Waals surface area contributed by atoms with Gasteiger partial charge in [-0.2, -0.15) is 13.2 Å². The molecule has 21 heavy (non-hydrogen) atoms. The Bertz CT molecular complexity index is 656. The van der Waals surface area contributed by atoms with E-state index in [0.717, 1.165) is 20.2 Å². The lowest BCUT2D eigenvalue weighted by molar-refractivity contribution is -0.138. The molecular formula is C11H13F3N2O4S. The van der Waals surface area contributed by atoms with Gasteiger partial charge in [0.25, 0.3) is 0 Å². The van der Waals surface area contributed by atoms with E-state index < -0.39 is 38.2 Å². The lowest BCUT2D eigenvalue weighted by Gasteiger charge is -2.16. The maximum absolute atomic E-state index is 13.0. The lowest BCUT2D eigenvalue weighted by Crippen LogP contribution is -2.22. The Labute approximate surface area is 119 Å². The molecule has 10 heteroatoms. The second-order valence-corrected chi connectivity index (χ2v) is 5.70. The van der Waals surface area contributed by atoms with Crippen molar-refractivity contribution >= 4 is 21.7 Å². The highest BCUT2D eigenvalue weighted by atomic mass is 32.2. The predicted molar refractivity (Wildman–Crippen MR) is 68.6 cm³/mol. The molecule has 0 aliphatic carbocycles. The number of benzene rings is 1. The summed E-state index contributed by atoms with van der Waals surface area (Å²) in [6, 6.07) is 1.18. The molecular weight excluding hydrogens is 313 g/mol. The van der Waals surface area contributed by atoms with Crippen LogP contribution in [0.4, 0.5) is 18.9 Å². The van der Waals surface area contributed by atoms with Crippen LogP contribution in [-0.4, -0.2) is 35.6 Å². The molecule has 0 saturated heterocycles. The highest BCUT2D eigenvalue weighted by molar-refractivity contribution is 7.89. The number of esters is 1. The molecule has 0 bridgehead atoms. The first-order valence-corrected chi connectivity index (χ1v) is 7.01. The van der Waals surface area contributed by atoms with Crippen molar-refractivity contribution < 1.29 is 31.1 Å². The second kappa shape index (κ2) is 5.90. The summed E-state index contributed by atoms with van der Waals surface area (Å²) in [6.07, 6.45) is -4.91. The number of sulfonamides is 1. The van der Waals surface area contributed by atoms with E-state index in [0.29, 0.717) is 6.07 Å². The number of alkyl halides is 3. The average Bonchev–Trinajstić information content (AvgIpc) is 2.43. The molecule has 6 nitrogen and oxygen atoms in total. The van der Waals surface area contributed by atoms with Crippen LogP contribution < -0.4 is 10.0 Å². The van der Waals surface area contributed by atoms with Crippen molar-refractivity contribution in [1.29, 1.82) is 0 Å². The van der Waals surface area contributed by atoms with Crippen molar-refractivity contribution in [2.45, 2.75) is 11.1 Å². The first kappa shape index (κ1) is 17.2. The molecule has 0 aromatic heterocycles. The van der Waals surface area contributed by atoms with Gasteiger partial charge in [-0.3, -0.25) is 0 Å². The summed E-state index contributed by atoms with van der Waals surface area (Å²) in [5, 5.41) is 2.44. The molecule has 0 aliphatic rings. The zero-order valence-corrected chi connectivity index (χ0v) is 12.1. The molecule has 0 saturated carbocycles. The van der Waals surface area contributed by atoms with Crippen LogP contribution in [-0.2, 0) is 20.9 Å². The summed E-state index contributed by atoms with van der Waals surface area (Å²) in [7, 11) is -0.824. The fourth-order valence-corrected chi connectivity index (χ4v) is 2.56. The maximum atomic E-state index is 13.0. The highest BCUT2D eigenvalue weighted by Crippen LogP contribution is 2.36. The standard InChI is InChI=1S/C11H13F3N2O4S/c1-15-8-4-6(10(17)20-3)7(11(12,13)14)5-9(8)21(18,19)16-2/h4-5,15-16H,1-3H3. The van der Waals surface area contributed by atoms with Crippen LogP contribution in [0.15, 0.2) is 17.0 Å². The van der Waals surface area contributed by atoms with Gasteiger partial charge in [-0.05, 0) is 19.2 Å². The monoisotopic (exact) mass is 326 g/mol. The third kappa shape index (κ3) is 3.45. The van der Waals surface area contributed by atoms with Gasteiger partial charge in [0.05, 0.1) is 23.9 Å². The number of rotatable bonds is 4. The molecule has 0 spiro atoms. The third-order valence-electron chi connectivity index (χ3n) is 2.66. The van der Waals surface area contributed by atoms with E-state index in [1.165, 1.54) is 7.05 Å². The number of ether oxygens (including phenoxy) is 1. The molecule has 0 aliphatic heterocycles. The SMILES string of the molecule is CNc1cc(C(=O)OC)c(C(F)(F)F)cc1S(=O)(=O)NC. The summed E-state index contributed by atoms with van der Waals surface area (Å²) in [4.78, 5) is 10.8. The predicted octanol–water partition coefficient (Wildman–Crippen LogP) is 1.44. The number of hydrogen-bond donors (Lipinski definition) is 2. The first-order chi connectivity index (χ1) is 9.58. The van der Waals surface area contributed by atoms with Gasteiger partial charge in [-0.25, -0.2) is 17.9 Å². The zero-order chi connectivity index (χ0) is 16.4. The smallest absolute Gasteiger partial charge is 0.417 e. The lowest BCUT2D eigenvalue weighted by atomic mass is 10.1. The summed E-state index contributed by atoms with van der Waals surface area (Å²) >= 11 is 0. The Balaban J connectivity index is 3.77. The van der Waals surface area contributed by atoms with Gasteiger partial charge in [0.2, 0.25) is 10.0 Å². The van der Waals surface area contributed by atoms with Crippen molar-refractivity contribution in [1.82, 2.24) is 4.72 Å². The number of carbonyl (C=O) groups excluding carboxylic acids is 1. The van der Waals surface area contributed by atoms with Gasteiger partial charge < -0.3 is 10.1 Å². The van der Waals surface area contributed by atoms with E-state index in [9.17, 15) is 26.4 Å². The van der Waals surface area contributed by atoms with E-state index in [4.69, 9.17) is 0 Å². The molecule has 1 aromatic carbocycles. The van der Waals surface area contributed by atoms with E-state index in [1.807, 2.05) is 4.72 Å². The molecule has 0 heterocycles. The number of halogens is 3. The Morgan fingerprint density at radius 3 is 2.19 bits per heavy atom. The normalized spacial score (nSPS) is 12.1. The average molecular weight is 326 g/mol. The Morgan fingerprint density at radius 2 is 1.81 bits per heavy atom. The third-order valence-corrected chi connectivity index (χ3v) is 4.11. The van der Waals surface area contributed by atoms with Crippen LogP contribution in [0, 0.1) is 0 Å². The molecule has 1 rings (SSSR count). The zero-order valence-electron chi connectivity index (χ0n) is 11.3. The van der Waals surface area contributed by atoms with Crippen molar-refractivity contribution in [3.63, 3.8) is 0 Å². The number of nitrogens with one attached hydrogen (secondary N) is 2. The molecule has 1 aromatic rings. The number of carbonyl (C=O) groups is 1. The van der Waals surface area contributed by atoms with Crippen LogP contribution >= 0.6 is 0 Å². The molecule has 0 atom stereocenters. The Kier molecular flexibility index (Phi) is 4.84. The highest BCUT2D eigenvalue weighted by Gasteiger charge is 2.38. The van der Waals surface area contributed by atoms with E-state index >= 15 is 0 Å². The molecule has 0 fully saturated rings. The van der Waals surface area contributed by atoms with Gasteiger partial charge in [0.15, 0.2) is 0 Å². The molecule has 2 N–H and O–H groups in total. The summed E-state index contributed by atoms with van der Waals surface area (Å²) in [5.41, 5.74) is -2.32. The Hall–Kier alpha value is -1.81. The van der Waals surface area contributed by atoms with E-state index in [2.05, 4.69) is 10.1 Å². The summed E-state index contributed by atoms with van der Waals surface area (Å²) in [5.74, 6) is -1.22. The van der Waals surface area contributed by atoms with Gasteiger partial charge in [0.1, 0.15) is 4.90 Å². The van der Waals surface area contributed by atoms with Gasteiger partial charge in [-0.15, -0.1) is 0 Å². The minimum atomic E-state index is -4.91. The van der Waals surface area contributed by atoms with Crippen LogP contribution in [0.25, 0.3) is 0 Å². The van der Waals surface area contributed by atoms with Crippen molar-refractivity contribution in [3.8, 4) is 0 Å². The van der Waals surface area contributed by atoms with Gasteiger partial charge in [-0.1, -0.05) is 0 Å². The van der Waals surface area contributed by atoms with E-state index in [-0.39, 0.29) is 5.69 Å². The minimum Gasteiger partial charge on any atom is -0.465 e. The topological polar surface area (TPSA) is 84.5 Å². The van der Waals surface area contributed by atoms with E-state index in [1.54, 1.807) is 0 Å². The van der Waals surface area contributed by atoms with Crippen LogP contribution in [0.3, 0.4) is 0 Å². The second-order valence-electron chi connectivity index (χ2n) is 3.84. The summed E-state index contributed by atoms with van der Waals surface area (Å²) < 4.78 is 68.8. The number of methoxy groups -OCH3 is 1. The molecule has 0 amide bonds. The fourth-order valence-electron chi connectivity index (χ4n) is 1.62. The van der Waals surface area contributed by atoms with Crippen molar-refractivity contribution in [3.05, 3.63) is 23.3 Å². The number of hydrogen-bond acceptors (Lipinski definition) is 5. The van der Waals surface area contributed by atoms with Gasteiger partial charge in [0, 0.05) is 7.05 Å². The number of anilines is 1. The maximum Gasteiger partial charge on any atom is 0.417 e. The summed E-state index contributed by atoms with van der Waals surface area (Å²) in [6.45, 7) is 0. The fraction of sp³-hybridized carbons (Fsp3) is 0.364. The van der Waals surface area contributed by atoms with Crippen LogP contribution in [0.1, 0.15) is 15.9 Å². The van der Waals surface area contributed by atoms with Crippen LogP contribution in [0.5, 0.6) is 0 Å². The van der Waals surface area contributed by atoms with Crippen LogP contribution in [0.2, 0.25) is 0 Å². The first-order valence-electron chi connectivity index (χ1n) is 5.53. The van der Waals surface area contributed by atoms with Gasteiger partial charge >= 0.3 is 12.1 Å². The molecule has 0 unspecified atom stereocenters. The largest absolute Gasteiger partial charge is 0.465 e. The molecule has 118 valence electrons. The molecule has 0 radical (unpaired) electrons. The van der Waals surface area contributed by atoms with Crippen molar-refractivity contribution in [2.75, 3.05) is 26.5 Å².